The molecule has 0 heterocycles. The van der Waals surface area contributed by atoms with Gasteiger partial charge < -0.3 is 4.74 Å². The zero-order valence-corrected chi connectivity index (χ0v) is 13.0. The maximum Gasteiger partial charge on any atom is 0.241 e. The normalized spacial score (nSPS) is 11.3. The first-order valence-corrected chi connectivity index (χ1v) is 8.30. The number of primary sulfonamides is 1. The van der Waals surface area contributed by atoms with Gasteiger partial charge in [-0.1, -0.05) is 46.3 Å². The third-order valence-electron chi connectivity index (χ3n) is 2.70. The number of benzene rings is 2. The van der Waals surface area contributed by atoms with Crippen LogP contribution in [-0.4, -0.2) is 15.0 Å². The molecular weight excluding hydrogens is 342 g/mol. The predicted molar refractivity (Wildman–Crippen MR) is 81.2 cm³/mol. The number of hydrogen-bond donors (Lipinski definition) is 1. The first kappa shape index (κ1) is 15.0. The summed E-state index contributed by atoms with van der Waals surface area (Å²) >= 11 is 3.22. The second-order valence-electron chi connectivity index (χ2n) is 4.22. The van der Waals surface area contributed by atoms with Crippen molar-refractivity contribution in [3.05, 3.63) is 58.6 Å². The molecule has 0 aliphatic carbocycles. The van der Waals surface area contributed by atoms with Crippen LogP contribution in [0.3, 0.4) is 0 Å². The molecule has 6 heteroatoms. The van der Waals surface area contributed by atoms with Crippen molar-refractivity contribution >= 4 is 26.0 Å². The molecule has 0 saturated carbocycles. The second-order valence-corrected chi connectivity index (χ2v) is 6.67. The molecule has 0 saturated heterocycles. The molecule has 0 fully saturated rings. The van der Waals surface area contributed by atoms with Crippen molar-refractivity contribution in [3.63, 3.8) is 0 Å². The second kappa shape index (κ2) is 6.39. The molecular formula is C14H14BrNO3S. The number of sulfonamides is 1. The molecule has 20 heavy (non-hydrogen) atoms. The Morgan fingerprint density at radius 2 is 1.80 bits per heavy atom. The van der Waals surface area contributed by atoms with Gasteiger partial charge in [0.1, 0.15) is 10.6 Å². The molecule has 0 amide bonds. The highest BCUT2D eigenvalue weighted by Gasteiger charge is 2.15. The van der Waals surface area contributed by atoms with Crippen molar-refractivity contribution in [3.8, 4) is 5.75 Å². The van der Waals surface area contributed by atoms with E-state index >= 15 is 0 Å². The summed E-state index contributed by atoms with van der Waals surface area (Å²) in [4.78, 5) is -0.0139. The SMILES string of the molecule is NS(=O)(=O)c1cc(Br)ccc1OCCc1ccccc1. The first-order chi connectivity index (χ1) is 9.47. The van der Waals surface area contributed by atoms with E-state index < -0.39 is 10.0 Å². The lowest BCUT2D eigenvalue weighted by Crippen LogP contribution is -2.14. The van der Waals surface area contributed by atoms with E-state index in [-0.39, 0.29) is 10.6 Å². The zero-order valence-electron chi connectivity index (χ0n) is 10.6. The minimum atomic E-state index is -3.81. The quantitative estimate of drug-likeness (QED) is 0.896. The maximum absolute atomic E-state index is 11.5. The van der Waals surface area contributed by atoms with Gasteiger partial charge in [-0.05, 0) is 23.8 Å². The van der Waals surface area contributed by atoms with Crippen LogP contribution in [0.25, 0.3) is 0 Å². The highest BCUT2D eigenvalue weighted by Crippen LogP contribution is 2.26. The summed E-state index contributed by atoms with van der Waals surface area (Å²) in [5, 5.41) is 5.18. The summed E-state index contributed by atoms with van der Waals surface area (Å²) in [5.74, 6) is 0.270. The fourth-order valence-corrected chi connectivity index (χ4v) is 2.96. The average Bonchev–Trinajstić information content (AvgIpc) is 2.40. The smallest absolute Gasteiger partial charge is 0.241 e. The molecule has 0 unspecified atom stereocenters. The average molecular weight is 356 g/mol. The lowest BCUT2D eigenvalue weighted by atomic mass is 10.2. The number of hydrogen-bond acceptors (Lipinski definition) is 3. The molecule has 0 bridgehead atoms. The highest BCUT2D eigenvalue weighted by molar-refractivity contribution is 9.10. The lowest BCUT2D eigenvalue weighted by Gasteiger charge is -2.10. The van der Waals surface area contributed by atoms with Gasteiger partial charge >= 0.3 is 0 Å². The molecule has 0 aliphatic rings. The number of rotatable bonds is 5. The Morgan fingerprint density at radius 1 is 1.10 bits per heavy atom. The minimum absolute atomic E-state index is 0.0139. The molecule has 0 spiro atoms. The van der Waals surface area contributed by atoms with E-state index in [1.807, 2.05) is 30.3 Å². The molecule has 2 rings (SSSR count). The van der Waals surface area contributed by atoms with Gasteiger partial charge in [-0.15, -0.1) is 0 Å². The number of ether oxygens (including phenoxy) is 1. The van der Waals surface area contributed by atoms with Crippen LogP contribution in [0.1, 0.15) is 5.56 Å². The summed E-state index contributed by atoms with van der Waals surface area (Å²) in [6.07, 6.45) is 0.695. The Kier molecular flexibility index (Phi) is 4.80. The molecule has 2 aromatic carbocycles. The van der Waals surface area contributed by atoms with Crippen LogP contribution in [0.2, 0.25) is 0 Å². The Labute approximate surface area is 126 Å². The van der Waals surface area contributed by atoms with Crippen molar-refractivity contribution in [2.24, 2.45) is 5.14 Å². The fraction of sp³-hybridized carbons (Fsp3) is 0.143. The summed E-state index contributed by atoms with van der Waals surface area (Å²) in [5.41, 5.74) is 1.13. The van der Waals surface area contributed by atoms with E-state index in [0.717, 1.165) is 5.56 Å². The van der Waals surface area contributed by atoms with Gasteiger partial charge in [0, 0.05) is 10.9 Å². The topological polar surface area (TPSA) is 69.4 Å². The summed E-state index contributed by atoms with van der Waals surface area (Å²) in [6, 6.07) is 14.6. The summed E-state index contributed by atoms with van der Waals surface area (Å²) in [7, 11) is -3.81. The molecule has 0 aromatic heterocycles. The van der Waals surface area contributed by atoms with Gasteiger partial charge in [-0.3, -0.25) is 0 Å². The maximum atomic E-state index is 11.5. The Hall–Kier alpha value is -1.37. The number of halogens is 1. The first-order valence-electron chi connectivity index (χ1n) is 5.96. The van der Waals surface area contributed by atoms with Gasteiger partial charge in [0.05, 0.1) is 6.61 Å². The van der Waals surface area contributed by atoms with Gasteiger partial charge in [0.25, 0.3) is 0 Å². The van der Waals surface area contributed by atoms with Crippen LogP contribution >= 0.6 is 15.9 Å². The molecule has 4 nitrogen and oxygen atoms in total. The van der Waals surface area contributed by atoms with E-state index in [1.54, 1.807) is 12.1 Å². The van der Waals surface area contributed by atoms with Crippen molar-refractivity contribution in [1.82, 2.24) is 0 Å². The Morgan fingerprint density at radius 3 is 2.45 bits per heavy atom. The number of nitrogens with two attached hydrogens (primary N) is 1. The minimum Gasteiger partial charge on any atom is -0.492 e. The van der Waals surface area contributed by atoms with Crippen molar-refractivity contribution in [2.45, 2.75) is 11.3 Å². The van der Waals surface area contributed by atoms with Gasteiger partial charge in [-0.2, -0.15) is 0 Å². The molecule has 0 aliphatic heterocycles. The van der Waals surface area contributed by atoms with Crippen molar-refractivity contribution in [2.75, 3.05) is 6.61 Å². The van der Waals surface area contributed by atoms with Crippen LogP contribution in [0.4, 0.5) is 0 Å². The molecule has 106 valence electrons. The van der Waals surface area contributed by atoms with E-state index in [9.17, 15) is 8.42 Å². The third kappa shape index (κ3) is 4.06. The summed E-state index contributed by atoms with van der Waals surface area (Å²) in [6.45, 7) is 0.383. The van der Waals surface area contributed by atoms with Gasteiger partial charge in [-0.25, -0.2) is 13.6 Å². The van der Waals surface area contributed by atoms with Crippen LogP contribution in [-0.2, 0) is 16.4 Å². The summed E-state index contributed by atoms with van der Waals surface area (Å²) < 4.78 is 29.2. The standard InChI is InChI=1S/C14H14BrNO3S/c15-12-6-7-13(14(10-12)20(16,17)18)19-9-8-11-4-2-1-3-5-11/h1-7,10H,8-9H2,(H2,16,17,18). The van der Waals surface area contributed by atoms with Crippen LogP contribution in [0, 0.1) is 0 Å². The predicted octanol–water partition coefficient (Wildman–Crippen LogP) is 2.72. The highest BCUT2D eigenvalue weighted by atomic mass is 79.9. The van der Waals surface area contributed by atoms with E-state index in [0.29, 0.717) is 17.5 Å². The van der Waals surface area contributed by atoms with E-state index in [4.69, 9.17) is 9.88 Å². The monoisotopic (exact) mass is 355 g/mol. The third-order valence-corrected chi connectivity index (χ3v) is 4.13. The van der Waals surface area contributed by atoms with Crippen LogP contribution in [0.15, 0.2) is 57.9 Å². The van der Waals surface area contributed by atoms with Gasteiger partial charge in [0.15, 0.2) is 0 Å². The van der Waals surface area contributed by atoms with Crippen LogP contribution < -0.4 is 9.88 Å². The van der Waals surface area contributed by atoms with Crippen molar-refractivity contribution < 1.29 is 13.2 Å². The molecule has 0 atom stereocenters. The fourth-order valence-electron chi connectivity index (χ4n) is 1.75. The van der Waals surface area contributed by atoms with E-state index in [2.05, 4.69) is 15.9 Å². The Balaban J connectivity index is 2.10. The molecule has 2 N–H and O–H groups in total. The molecule has 2 aromatic rings. The Bertz CT molecular complexity index is 687. The van der Waals surface area contributed by atoms with Crippen molar-refractivity contribution in [1.29, 1.82) is 0 Å². The van der Waals surface area contributed by atoms with E-state index in [1.165, 1.54) is 6.07 Å². The largest absolute Gasteiger partial charge is 0.492 e. The van der Waals surface area contributed by atoms with Gasteiger partial charge in [0.2, 0.25) is 10.0 Å². The zero-order chi connectivity index (χ0) is 14.6. The lowest BCUT2D eigenvalue weighted by molar-refractivity contribution is 0.313. The van der Waals surface area contributed by atoms with Crippen LogP contribution in [0.5, 0.6) is 5.75 Å². The molecule has 0 radical (unpaired) electrons.